The number of aromatic nitrogens is 2. The highest BCUT2D eigenvalue weighted by molar-refractivity contribution is 4.84. The number of hydrogen-bond donors (Lipinski definition) is 0. The predicted molar refractivity (Wildman–Crippen MR) is 31.0 cm³/mol. The van der Waals surface area contributed by atoms with Crippen molar-refractivity contribution in [1.82, 2.24) is 4.57 Å². The van der Waals surface area contributed by atoms with E-state index < -0.39 is 0 Å². The molecule has 1 rings (SSSR count). The molecule has 1 heterocycles. The summed E-state index contributed by atoms with van der Waals surface area (Å²) in [4.78, 5) is 0. The highest BCUT2D eigenvalue weighted by Crippen LogP contribution is 1.84. The molecule has 0 saturated carbocycles. The number of rotatable bonds is 0. The summed E-state index contributed by atoms with van der Waals surface area (Å²) < 4.78 is 3.94. The van der Waals surface area contributed by atoms with Gasteiger partial charge in [-0.15, -0.1) is 0 Å². The molecule has 1 aromatic rings. The molecule has 0 fully saturated rings. The van der Waals surface area contributed by atoms with Crippen LogP contribution in [0.1, 0.15) is 5.82 Å². The van der Waals surface area contributed by atoms with E-state index in [0.29, 0.717) is 0 Å². The molecular formula is C6H10N2+. The quantitative estimate of drug-likeness (QED) is 0.417. The summed E-state index contributed by atoms with van der Waals surface area (Å²) in [6, 6.07) is 0. The highest BCUT2D eigenvalue weighted by atomic mass is 15.1. The van der Waals surface area contributed by atoms with Crippen LogP contribution in [0.25, 0.3) is 0 Å². The summed E-state index contributed by atoms with van der Waals surface area (Å²) in [6.45, 7) is 3.81. The van der Waals surface area contributed by atoms with Gasteiger partial charge in [-0.25, -0.2) is 9.13 Å². The summed E-state index contributed by atoms with van der Waals surface area (Å²) in [5.41, 5.74) is 0. The summed E-state index contributed by atoms with van der Waals surface area (Å²) >= 11 is 0. The lowest BCUT2D eigenvalue weighted by Gasteiger charge is -1.84. The zero-order valence-electron chi connectivity index (χ0n) is 5.26. The molecular weight excluding hydrogens is 100 g/mol. The molecule has 0 amide bonds. The molecule has 0 atom stereocenters. The Balaban J connectivity index is 3.19. The van der Waals surface area contributed by atoms with Gasteiger partial charge in [-0.2, -0.15) is 0 Å². The van der Waals surface area contributed by atoms with Crippen molar-refractivity contribution in [2.75, 3.05) is 0 Å². The standard InChI is InChI=1S/C6H10N2/c1-6-7(2)4-5-8(6)3/h4-5H,1H2,2-3H3/q+1. The fourth-order valence-electron chi connectivity index (χ4n) is 0.621. The van der Waals surface area contributed by atoms with Gasteiger partial charge in [0.2, 0.25) is 0 Å². The molecule has 0 aliphatic rings. The van der Waals surface area contributed by atoms with Crippen LogP contribution in [-0.2, 0) is 14.1 Å². The van der Waals surface area contributed by atoms with E-state index >= 15 is 0 Å². The van der Waals surface area contributed by atoms with E-state index in [-0.39, 0.29) is 0 Å². The molecule has 0 bridgehead atoms. The normalized spacial score (nSPS) is 9.88. The first-order valence-electron chi connectivity index (χ1n) is 2.54. The van der Waals surface area contributed by atoms with Gasteiger partial charge < -0.3 is 0 Å². The van der Waals surface area contributed by atoms with Crippen molar-refractivity contribution < 1.29 is 4.57 Å². The Morgan fingerprint density at radius 1 is 1.75 bits per heavy atom. The molecule has 2 nitrogen and oxygen atoms in total. The Morgan fingerprint density at radius 2 is 2.38 bits per heavy atom. The second-order valence-electron chi connectivity index (χ2n) is 1.94. The van der Waals surface area contributed by atoms with Gasteiger partial charge in [0.25, 0.3) is 5.82 Å². The topological polar surface area (TPSA) is 8.81 Å². The van der Waals surface area contributed by atoms with Crippen molar-refractivity contribution in [3.63, 3.8) is 0 Å². The predicted octanol–water partition coefficient (Wildman–Crippen LogP) is 0.0318. The maximum atomic E-state index is 3.81. The molecule has 1 radical (unpaired) electrons. The lowest BCUT2D eigenvalue weighted by molar-refractivity contribution is -0.674. The molecule has 0 aromatic carbocycles. The van der Waals surface area contributed by atoms with E-state index in [4.69, 9.17) is 0 Å². The molecule has 1 aromatic heterocycles. The van der Waals surface area contributed by atoms with Gasteiger partial charge in [0.05, 0.1) is 21.0 Å². The van der Waals surface area contributed by atoms with E-state index in [1.165, 1.54) is 0 Å². The summed E-state index contributed by atoms with van der Waals surface area (Å²) in [7, 11) is 3.95. The first kappa shape index (κ1) is 5.35. The average molecular weight is 110 g/mol. The Bertz CT molecular complexity index is 169. The summed E-state index contributed by atoms with van der Waals surface area (Å²) in [5.74, 6) is 1.02. The number of imidazole rings is 1. The third-order valence-corrected chi connectivity index (χ3v) is 1.33. The third-order valence-electron chi connectivity index (χ3n) is 1.33. The molecule has 0 aliphatic carbocycles. The first-order valence-corrected chi connectivity index (χ1v) is 2.54. The number of nitrogens with zero attached hydrogens (tertiary/aromatic N) is 2. The Labute approximate surface area is 49.4 Å². The molecule has 0 unspecified atom stereocenters. The minimum atomic E-state index is 1.02. The highest BCUT2D eigenvalue weighted by Gasteiger charge is 2.00. The second kappa shape index (κ2) is 1.62. The van der Waals surface area contributed by atoms with Crippen LogP contribution < -0.4 is 4.57 Å². The fourth-order valence-corrected chi connectivity index (χ4v) is 0.621. The van der Waals surface area contributed by atoms with Crippen molar-refractivity contribution in [2.24, 2.45) is 14.1 Å². The van der Waals surface area contributed by atoms with Gasteiger partial charge in [0, 0.05) is 0 Å². The van der Waals surface area contributed by atoms with E-state index in [2.05, 4.69) is 6.92 Å². The van der Waals surface area contributed by atoms with E-state index in [1.807, 2.05) is 35.6 Å². The summed E-state index contributed by atoms with van der Waals surface area (Å²) in [6.07, 6.45) is 3.95. The number of aryl methyl sites for hydroxylation is 2. The monoisotopic (exact) mass is 110 g/mol. The molecule has 0 N–H and O–H groups in total. The maximum Gasteiger partial charge on any atom is 0.256 e. The van der Waals surface area contributed by atoms with Crippen molar-refractivity contribution in [2.45, 2.75) is 0 Å². The van der Waals surface area contributed by atoms with Crippen LogP contribution in [0.2, 0.25) is 0 Å². The van der Waals surface area contributed by atoms with Gasteiger partial charge in [-0.05, 0) is 0 Å². The third kappa shape index (κ3) is 0.619. The minimum Gasteiger partial charge on any atom is -0.237 e. The van der Waals surface area contributed by atoms with Gasteiger partial charge in [0.1, 0.15) is 12.4 Å². The van der Waals surface area contributed by atoms with E-state index in [9.17, 15) is 0 Å². The minimum absolute atomic E-state index is 1.02. The maximum absolute atomic E-state index is 3.81. The molecule has 8 heavy (non-hydrogen) atoms. The van der Waals surface area contributed by atoms with Gasteiger partial charge >= 0.3 is 0 Å². The molecule has 43 valence electrons. The molecule has 0 aliphatic heterocycles. The fraction of sp³-hybridized carbons (Fsp3) is 0.333. The lowest BCUT2D eigenvalue weighted by Crippen LogP contribution is -2.29. The second-order valence-corrected chi connectivity index (χ2v) is 1.94. The van der Waals surface area contributed by atoms with E-state index in [0.717, 1.165) is 5.82 Å². The van der Waals surface area contributed by atoms with Gasteiger partial charge in [-0.1, -0.05) is 0 Å². The van der Waals surface area contributed by atoms with Crippen LogP contribution in [0.4, 0.5) is 0 Å². The Morgan fingerprint density at radius 3 is 2.50 bits per heavy atom. The zero-order valence-corrected chi connectivity index (χ0v) is 5.26. The van der Waals surface area contributed by atoms with Gasteiger partial charge in [-0.3, -0.25) is 0 Å². The SMILES string of the molecule is [CH2]c1n(C)cc[n+]1C. The van der Waals surface area contributed by atoms with Crippen molar-refractivity contribution in [1.29, 1.82) is 0 Å². The van der Waals surface area contributed by atoms with E-state index in [1.54, 1.807) is 0 Å². The van der Waals surface area contributed by atoms with Gasteiger partial charge in [0.15, 0.2) is 0 Å². The molecule has 2 heteroatoms. The van der Waals surface area contributed by atoms with Crippen molar-refractivity contribution in [3.8, 4) is 0 Å². The molecule has 0 spiro atoms. The smallest absolute Gasteiger partial charge is 0.237 e. The largest absolute Gasteiger partial charge is 0.256 e. The van der Waals surface area contributed by atoms with Crippen LogP contribution in [0.3, 0.4) is 0 Å². The van der Waals surface area contributed by atoms with Crippen molar-refractivity contribution >= 4 is 0 Å². The zero-order chi connectivity index (χ0) is 6.15. The molecule has 0 saturated heterocycles. The van der Waals surface area contributed by atoms with Crippen molar-refractivity contribution in [3.05, 3.63) is 25.1 Å². The number of hydrogen-bond acceptors (Lipinski definition) is 0. The van der Waals surface area contributed by atoms with Crippen LogP contribution in [0.15, 0.2) is 12.4 Å². The Hall–Kier alpha value is -0.790. The average Bonchev–Trinajstić information content (AvgIpc) is 1.98. The lowest BCUT2D eigenvalue weighted by atomic mass is 10.7. The van der Waals surface area contributed by atoms with Crippen LogP contribution in [0, 0.1) is 6.92 Å². The van der Waals surface area contributed by atoms with Crippen LogP contribution in [0.5, 0.6) is 0 Å². The summed E-state index contributed by atoms with van der Waals surface area (Å²) in [5, 5.41) is 0. The van der Waals surface area contributed by atoms with Crippen LogP contribution >= 0.6 is 0 Å². The first-order chi connectivity index (χ1) is 3.72. The Kier molecular flexibility index (Phi) is 1.08. The van der Waals surface area contributed by atoms with Crippen LogP contribution in [-0.4, -0.2) is 4.57 Å².